The van der Waals surface area contributed by atoms with E-state index in [2.05, 4.69) is 15.4 Å². The second-order valence-corrected chi connectivity index (χ2v) is 11.1. The van der Waals surface area contributed by atoms with E-state index in [4.69, 9.17) is 0 Å². The third-order valence-electron chi connectivity index (χ3n) is 6.97. The van der Waals surface area contributed by atoms with Crippen LogP contribution in [-0.2, 0) is 19.6 Å². The molecular formula is C25H30N4O5S. The lowest BCUT2D eigenvalue weighted by Gasteiger charge is -2.36. The monoisotopic (exact) mass is 498 g/mol. The Morgan fingerprint density at radius 3 is 2.37 bits per heavy atom. The Morgan fingerprint density at radius 2 is 1.74 bits per heavy atom. The van der Waals surface area contributed by atoms with Crippen molar-refractivity contribution in [3.63, 3.8) is 0 Å². The molecule has 1 heterocycles. The standard InChI is InChI=1S/C25H30N4O5S/c1-16-7-6-8-17(2)22(16)28-35(33,34)20-12-10-19(11-13-20)26-21(30)15-29-23(31)25(27-24(29)32)14-5-4-9-18(25)3/h6-8,10-13,18,28H,4-5,9,14-15H2,1-3H3,(H,26,30)(H,27,32)/t18-,25+/m0/s1. The summed E-state index contributed by atoms with van der Waals surface area (Å²) in [7, 11) is -3.83. The molecule has 1 spiro atoms. The molecule has 1 aliphatic carbocycles. The minimum Gasteiger partial charge on any atom is -0.325 e. The number of para-hydroxylation sites is 1. The van der Waals surface area contributed by atoms with Crippen LogP contribution in [0.25, 0.3) is 0 Å². The minimum atomic E-state index is -3.83. The first kappa shape index (κ1) is 24.7. The fraction of sp³-hybridized carbons (Fsp3) is 0.400. The number of anilines is 2. The molecule has 2 aromatic rings. The number of rotatable bonds is 6. The molecule has 3 N–H and O–H groups in total. The number of nitrogens with one attached hydrogen (secondary N) is 3. The molecule has 1 aliphatic heterocycles. The van der Waals surface area contributed by atoms with Gasteiger partial charge in [-0.05, 0) is 68.0 Å². The molecule has 4 rings (SSSR count). The Balaban J connectivity index is 1.41. The molecule has 35 heavy (non-hydrogen) atoms. The van der Waals surface area contributed by atoms with Crippen LogP contribution in [0, 0.1) is 19.8 Å². The molecular weight excluding hydrogens is 468 g/mol. The van der Waals surface area contributed by atoms with Crippen molar-refractivity contribution in [1.29, 1.82) is 0 Å². The van der Waals surface area contributed by atoms with E-state index in [0.29, 0.717) is 17.8 Å². The van der Waals surface area contributed by atoms with Gasteiger partial charge in [0.05, 0.1) is 10.6 Å². The van der Waals surface area contributed by atoms with Gasteiger partial charge < -0.3 is 10.6 Å². The third kappa shape index (κ3) is 4.75. The zero-order valence-corrected chi connectivity index (χ0v) is 20.9. The maximum absolute atomic E-state index is 13.0. The average Bonchev–Trinajstić information content (AvgIpc) is 3.03. The molecule has 0 radical (unpaired) electrons. The molecule has 186 valence electrons. The second-order valence-electron chi connectivity index (χ2n) is 9.38. The number of carbonyl (C=O) groups is 3. The summed E-state index contributed by atoms with van der Waals surface area (Å²) < 4.78 is 28.3. The first-order valence-corrected chi connectivity index (χ1v) is 13.1. The Bertz CT molecular complexity index is 1260. The summed E-state index contributed by atoms with van der Waals surface area (Å²) in [5.74, 6) is -0.894. The van der Waals surface area contributed by atoms with Crippen LogP contribution in [0.15, 0.2) is 47.4 Å². The van der Waals surface area contributed by atoms with Crippen molar-refractivity contribution in [1.82, 2.24) is 10.2 Å². The van der Waals surface area contributed by atoms with Crippen molar-refractivity contribution < 1.29 is 22.8 Å². The van der Waals surface area contributed by atoms with Gasteiger partial charge in [0, 0.05) is 5.69 Å². The van der Waals surface area contributed by atoms with Crippen molar-refractivity contribution in [2.24, 2.45) is 5.92 Å². The van der Waals surface area contributed by atoms with E-state index in [-0.39, 0.29) is 16.7 Å². The van der Waals surface area contributed by atoms with Crippen LogP contribution in [0.3, 0.4) is 0 Å². The molecule has 2 aliphatic rings. The Hall–Kier alpha value is -3.40. The highest BCUT2D eigenvalue weighted by molar-refractivity contribution is 7.92. The fourth-order valence-corrected chi connectivity index (χ4v) is 6.07. The Labute approximate surface area is 205 Å². The topological polar surface area (TPSA) is 125 Å². The van der Waals surface area contributed by atoms with Gasteiger partial charge in [-0.3, -0.25) is 19.2 Å². The first-order chi connectivity index (χ1) is 16.5. The summed E-state index contributed by atoms with van der Waals surface area (Å²) in [6.07, 6.45) is 3.28. The summed E-state index contributed by atoms with van der Waals surface area (Å²) >= 11 is 0. The average molecular weight is 499 g/mol. The van der Waals surface area contributed by atoms with Gasteiger partial charge >= 0.3 is 6.03 Å². The van der Waals surface area contributed by atoms with Gasteiger partial charge in [-0.25, -0.2) is 13.2 Å². The largest absolute Gasteiger partial charge is 0.325 e. The lowest BCUT2D eigenvalue weighted by Crippen LogP contribution is -2.54. The van der Waals surface area contributed by atoms with Gasteiger partial charge in [-0.1, -0.05) is 38.0 Å². The lowest BCUT2D eigenvalue weighted by atomic mass is 9.73. The van der Waals surface area contributed by atoms with Gasteiger partial charge in [-0.2, -0.15) is 0 Å². The number of amides is 4. The number of urea groups is 1. The number of aryl methyl sites for hydroxylation is 2. The predicted molar refractivity (Wildman–Crippen MR) is 132 cm³/mol. The number of imide groups is 1. The molecule has 0 unspecified atom stereocenters. The van der Waals surface area contributed by atoms with Crippen molar-refractivity contribution >= 4 is 39.2 Å². The van der Waals surface area contributed by atoms with Gasteiger partial charge in [0.2, 0.25) is 5.91 Å². The van der Waals surface area contributed by atoms with E-state index < -0.39 is 34.0 Å². The van der Waals surface area contributed by atoms with Crippen LogP contribution in [0.1, 0.15) is 43.7 Å². The molecule has 2 aromatic carbocycles. The van der Waals surface area contributed by atoms with Gasteiger partial charge in [0.15, 0.2) is 0 Å². The first-order valence-electron chi connectivity index (χ1n) is 11.7. The number of sulfonamides is 1. The molecule has 9 nitrogen and oxygen atoms in total. The Morgan fingerprint density at radius 1 is 1.09 bits per heavy atom. The summed E-state index contributed by atoms with van der Waals surface area (Å²) in [6, 6.07) is 10.7. The molecule has 4 amide bonds. The van der Waals surface area contributed by atoms with Gasteiger partial charge in [-0.15, -0.1) is 0 Å². The van der Waals surface area contributed by atoms with Crippen LogP contribution in [0.4, 0.5) is 16.2 Å². The molecule has 10 heteroatoms. The van der Waals surface area contributed by atoms with Gasteiger partial charge in [0.1, 0.15) is 12.1 Å². The van der Waals surface area contributed by atoms with Crippen LogP contribution >= 0.6 is 0 Å². The molecule has 0 bridgehead atoms. The van der Waals surface area contributed by atoms with E-state index in [1.165, 1.54) is 24.3 Å². The molecule has 1 saturated carbocycles. The zero-order valence-electron chi connectivity index (χ0n) is 20.1. The van der Waals surface area contributed by atoms with E-state index in [1.54, 1.807) is 0 Å². The van der Waals surface area contributed by atoms with Gasteiger partial charge in [0.25, 0.3) is 15.9 Å². The molecule has 1 saturated heterocycles. The van der Waals surface area contributed by atoms with Crippen LogP contribution < -0.4 is 15.4 Å². The van der Waals surface area contributed by atoms with Crippen LogP contribution in [-0.4, -0.2) is 43.2 Å². The fourth-order valence-electron chi connectivity index (χ4n) is 4.87. The SMILES string of the molecule is Cc1cccc(C)c1NS(=O)(=O)c1ccc(NC(=O)CN2C(=O)N[C@@]3(CCCC[C@@H]3C)C2=O)cc1. The van der Waals surface area contributed by atoms with E-state index in [0.717, 1.165) is 35.3 Å². The summed E-state index contributed by atoms with van der Waals surface area (Å²) in [4.78, 5) is 39.1. The summed E-state index contributed by atoms with van der Waals surface area (Å²) in [5, 5.41) is 5.45. The highest BCUT2D eigenvalue weighted by Gasteiger charge is 2.55. The normalized spacial score (nSPS) is 22.3. The second kappa shape index (κ2) is 9.33. The lowest BCUT2D eigenvalue weighted by molar-refractivity contribution is -0.136. The van der Waals surface area contributed by atoms with E-state index in [1.807, 2.05) is 39.0 Å². The zero-order chi connectivity index (χ0) is 25.4. The maximum atomic E-state index is 13.0. The van der Waals surface area contributed by atoms with Crippen molar-refractivity contribution in [3.8, 4) is 0 Å². The molecule has 0 aromatic heterocycles. The van der Waals surface area contributed by atoms with Crippen molar-refractivity contribution in [3.05, 3.63) is 53.6 Å². The number of hydrogen-bond donors (Lipinski definition) is 3. The number of carbonyl (C=O) groups excluding carboxylic acids is 3. The maximum Gasteiger partial charge on any atom is 0.325 e. The quantitative estimate of drug-likeness (QED) is 0.526. The predicted octanol–water partition coefficient (Wildman–Crippen LogP) is 3.54. The molecule has 2 fully saturated rings. The Kier molecular flexibility index (Phi) is 6.59. The van der Waals surface area contributed by atoms with Crippen molar-refractivity contribution in [2.45, 2.75) is 56.9 Å². The minimum absolute atomic E-state index is 0.00678. The third-order valence-corrected chi connectivity index (χ3v) is 8.33. The smallest absolute Gasteiger partial charge is 0.325 e. The van der Waals surface area contributed by atoms with E-state index in [9.17, 15) is 22.8 Å². The number of benzene rings is 2. The summed E-state index contributed by atoms with van der Waals surface area (Å²) in [6.45, 7) is 5.19. The molecule has 2 atom stereocenters. The van der Waals surface area contributed by atoms with Crippen molar-refractivity contribution in [2.75, 3.05) is 16.6 Å². The highest BCUT2D eigenvalue weighted by Crippen LogP contribution is 2.38. The highest BCUT2D eigenvalue weighted by atomic mass is 32.2. The van der Waals surface area contributed by atoms with Crippen LogP contribution in [0.5, 0.6) is 0 Å². The van der Waals surface area contributed by atoms with Crippen LogP contribution in [0.2, 0.25) is 0 Å². The number of nitrogens with zero attached hydrogens (tertiary/aromatic N) is 1. The van der Waals surface area contributed by atoms with E-state index >= 15 is 0 Å². The number of hydrogen-bond acceptors (Lipinski definition) is 5. The summed E-state index contributed by atoms with van der Waals surface area (Å²) in [5.41, 5.74) is 1.58.